The lowest BCUT2D eigenvalue weighted by atomic mass is 10.1. The SMILES string of the molecule is CCc1cc(O)c(O)cc1[N+](=O)[O-].CCc1cc([N+](=O)[O-])cc(O)c1O. The second-order valence-corrected chi connectivity index (χ2v) is 5.16. The highest BCUT2D eigenvalue weighted by Crippen LogP contribution is 2.34. The van der Waals surface area contributed by atoms with Gasteiger partial charge in [0.25, 0.3) is 11.4 Å². The number of nitrogens with zero attached hydrogens (tertiary/aromatic N) is 2. The first-order valence-electron chi connectivity index (χ1n) is 7.50. The van der Waals surface area contributed by atoms with Crippen LogP contribution in [0, 0.1) is 20.2 Å². The predicted molar refractivity (Wildman–Crippen MR) is 91.6 cm³/mol. The van der Waals surface area contributed by atoms with Crippen molar-refractivity contribution in [1.29, 1.82) is 0 Å². The Bertz CT molecular complexity index is 835. The Kier molecular flexibility index (Phi) is 6.71. The van der Waals surface area contributed by atoms with Gasteiger partial charge in [0.2, 0.25) is 0 Å². The van der Waals surface area contributed by atoms with Crippen molar-refractivity contribution in [2.75, 3.05) is 0 Å². The summed E-state index contributed by atoms with van der Waals surface area (Å²) in [4.78, 5) is 19.6. The molecule has 0 atom stereocenters. The summed E-state index contributed by atoms with van der Waals surface area (Å²) in [6.07, 6.45) is 0.866. The Labute approximate surface area is 147 Å². The lowest BCUT2D eigenvalue weighted by molar-refractivity contribution is -0.385. The highest BCUT2D eigenvalue weighted by atomic mass is 16.6. The van der Waals surface area contributed by atoms with Crippen molar-refractivity contribution in [3.63, 3.8) is 0 Å². The van der Waals surface area contributed by atoms with Gasteiger partial charge in [-0.15, -0.1) is 0 Å². The number of rotatable bonds is 4. The highest BCUT2D eigenvalue weighted by Gasteiger charge is 2.16. The molecular formula is C16H18N2O8. The Morgan fingerprint density at radius 1 is 0.769 bits per heavy atom. The molecule has 0 bridgehead atoms. The summed E-state index contributed by atoms with van der Waals surface area (Å²) in [6, 6.07) is 4.32. The maximum absolute atomic E-state index is 10.5. The Hall–Kier alpha value is -3.56. The fourth-order valence-electron chi connectivity index (χ4n) is 2.10. The number of phenols is 4. The van der Waals surface area contributed by atoms with E-state index < -0.39 is 21.3 Å². The van der Waals surface area contributed by atoms with Crippen molar-refractivity contribution < 1.29 is 30.3 Å². The molecule has 0 aliphatic rings. The molecule has 10 heteroatoms. The third-order valence-corrected chi connectivity index (χ3v) is 3.50. The molecule has 0 heterocycles. The van der Waals surface area contributed by atoms with Gasteiger partial charge >= 0.3 is 0 Å². The molecule has 0 saturated heterocycles. The fraction of sp³-hybridized carbons (Fsp3) is 0.250. The van der Waals surface area contributed by atoms with Crippen LogP contribution >= 0.6 is 0 Å². The van der Waals surface area contributed by atoms with Gasteiger partial charge < -0.3 is 20.4 Å². The van der Waals surface area contributed by atoms with E-state index in [1.807, 2.05) is 0 Å². The molecule has 0 aromatic heterocycles. The van der Waals surface area contributed by atoms with E-state index in [1.54, 1.807) is 13.8 Å². The fourth-order valence-corrected chi connectivity index (χ4v) is 2.10. The molecule has 140 valence electrons. The van der Waals surface area contributed by atoms with Gasteiger partial charge in [0.1, 0.15) is 0 Å². The normalized spacial score (nSPS) is 9.92. The van der Waals surface area contributed by atoms with E-state index in [1.165, 1.54) is 12.1 Å². The van der Waals surface area contributed by atoms with Gasteiger partial charge in [0, 0.05) is 17.2 Å². The number of non-ortho nitro benzene ring substituents is 1. The van der Waals surface area contributed by atoms with Gasteiger partial charge in [-0.2, -0.15) is 0 Å². The van der Waals surface area contributed by atoms with E-state index in [2.05, 4.69) is 0 Å². The number of hydrogen-bond donors (Lipinski definition) is 4. The van der Waals surface area contributed by atoms with E-state index >= 15 is 0 Å². The zero-order chi connectivity index (χ0) is 20.0. The van der Waals surface area contributed by atoms with Crippen LogP contribution in [0.25, 0.3) is 0 Å². The minimum atomic E-state index is -0.613. The summed E-state index contributed by atoms with van der Waals surface area (Å²) < 4.78 is 0. The minimum absolute atomic E-state index is 0.169. The van der Waals surface area contributed by atoms with Gasteiger partial charge in [0.05, 0.1) is 22.0 Å². The van der Waals surface area contributed by atoms with Crippen molar-refractivity contribution in [2.24, 2.45) is 0 Å². The van der Waals surface area contributed by atoms with Crippen LogP contribution in [0.15, 0.2) is 24.3 Å². The number of phenolic OH excluding ortho intramolecular Hbond substituents is 4. The van der Waals surface area contributed by atoms with E-state index in [4.69, 9.17) is 15.3 Å². The highest BCUT2D eigenvalue weighted by molar-refractivity contribution is 5.53. The van der Waals surface area contributed by atoms with E-state index in [0.29, 0.717) is 24.0 Å². The molecule has 26 heavy (non-hydrogen) atoms. The van der Waals surface area contributed by atoms with Crippen molar-refractivity contribution >= 4 is 11.4 Å². The van der Waals surface area contributed by atoms with Crippen molar-refractivity contribution in [1.82, 2.24) is 0 Å². The molecular weight excluding hydrogens is 348 g/mol. The smallest absolute Gasteiger partial charge is 0.276 e. The molecule has 0 radical (unpaired) electrons. The lowest BCUT2D eigenvalue weighted by Crippen LogP contribution is -1.93. The zero-order valence-electron chi connectivity index (χ0n) is 14.0. The van der Waals surface area contributed by atoms with E-state index in [0.717, 1.165) is 12.1 Å². The standard InChI is InChI=1S/2C8H9NO4/c1-2-5-3-7(10)8(11)4-6(5)9(12)13;1-2-5-3-6(9(12)13)4-7(10)8(5)11/h2*3-4,10-11H,2H2,1H3. The first-order chi connectivity index (χ1) is 12.1. The second kappa shape index (κ2) is 8.51. The van der Waals surface area contributed by atoms with Gasteiger partial charge in [0.15, 0.2) is 23.0 Å². The summed E-state index contributed by atoms with van der Waals surface area (Å²) in [6.45, 7) is 3.47. The quantitative estimate of drug-likeness (QED) is 0.363. The topological polar surface area (TPSA) is 167 Å². The van der Waals surface area contributed by atoms with E-state index in [-0.39, 0.29) is 22.9 Å². The molecule has 0 fully saturated rings. The summed E-state index contributed by atoms with van der Waals surface area (Å²) in [5.41, 5.74) is 0.386. The third kappa shape index (κ3) is 4.72. The Balaban J connectivity index is 0.000000260. The van der Waals surface area contributed by atoms with Crippen molar-refractivity contribution in [3.8, 4) is 23.0 Å². The molecule has 0 saturated carbocycles. The van der Waals surface area contributed by atoms with Crippen LogP contribution in [0.2, 0.25) is 0 Å². The number of aromatic hydroxyl groups is 4. The first kappa shape index (κ1) is 20.5. The largest absolute Gasteiger partial charge is 0.504 e. The van der Waals surface area contributed by atoms with Gasteiger partial charge in [-0.1, -0.05) is 13.8 Å². The van der Waals surface area contributed by atoms with Crippen molar-refractivity contribution in [3.05, 3.63) is 55.6 Å². The molecule has 4 N–H and O–H groups in total. The van der Waals surface area contributed by atoms with Gasteiger partial charge in [-0.25, -0.2) is 0 Å². The Morgan fingerprint density at radius 3 is 1.77 bits per heavy atom. The summed E-state index contributed by atoms with van der Waals surface area (Å²) in [5.74, 6) is -1.54. The molecule has 0 amide bonds. The number of benzene rings is 2. The van der Waals surface area contributed by atoms with E-state index in [9.17, 15) is 25.3 Å². The summed E-state index contributed by atoms with van der Waals surface area (Å²) in [7, 11) is 0. The van der Waals surface area contributed by atoms with Crippen LogP contribution in [-0.2, 0) is 12.8 Å². The van der Waals surface area contributed by atoms with Crippen LogP contribution < -0.4 is 0 Å². The average Bonchev–Trinajstić information content (AvgIpc) is 2.59. The van der Waals surface area contributed by atoms with Crippen LogP contribution in [0.3, 0.4) is 0 Å². The first-order valence-corrected chi connectivity index (χ1v) is 7.50. The number of hydrogen-bond acceptors (Lipinski definition) is 8. The number of aryl methyl sites for hydroxylation is 2. The van der Waals surface area contributed by atoms with Crippen LogP contribution in [0.5, 0.6) is 23.0 Å². The molecule has 0 unspecified atom stereocenters. The Morgan fingerprint density at radius 2 is 1.31 bits per heavy atom. The van der Waals surface area contributed by atoms with Gasteiger partial charge in [-0.3, -0.25) is 20.2 Å². The molecule has 2 rings (SSSR count). The maximum Gasteiger partial charge on any atom is 0.276 e. The molecule has 0 aliphatic heterocycles. The van der Waals surface area contributed by atoms with Crippen LogP contribution in [0.1, 0.15) is 25.0 Å². The second-order valence-electron chi connectivity index (χ2n) is 5.16. The predicted octanol–water partition coefficient (Wildman–Crippen LogP) is 3.14. The van der Waals surface area contributed by atoms with Crippen LogP contribution in [-0.4, -0.2) is 30.3 Å². The molecule has 2 aromatic carbocycles. The molecule has 2 aromatic rings. The number of nitro groups is 2. The third-order valence-electron chi connectivity index (χ3n) is 3.50. The zero-order valence-corrected chi connectivity index (χ0v) is 14.0. The number of nitro benzene ring substituents is 2. The summed E-state index contributed by atoms with van der Waals surface area (Å²) in [5, 5.41) is 57.2. The molecule has 0 aliphatic carbocycles. The van der Waals surface area contributed by atoms with Crippen LogP contribution in [0.4, 0.5) is 11.4 Å². The average molecular weight is 366 g/mol. The monoisotopic (exact) mass is 366 g/mol. The lowest BCUT2D eigenvalue weighted by Gasteiger charge is -2.02. The summed E-state index contributed by atoms with van der Waals surface area (Å²) >= 11 is 0. The van der Waals surface area contributed by atoms with Gasteiger partial charge in [-0.05, 0) is 18.9 Å². The molecule has 0 spiro atoms. The minimum Gasteiger partial charge on any atom is -0.504 e. The maximum atomic E-state index is 10.5. The molecule has 10 nitrogen and oxygen atoms in total. The van der Waals surface area contributed by atoms with Crippen molar-refractivity contribution in [2.45, 2.75) is 26.7 Å².